The third-order valence-electron chi connectivity index (χ3n) is 2.77. The number of aromatic nitrogens is 1. The van der Waals surface area contributed by atoms with Gasteiger partial charge in [0, 0.05) is 11.9 Å². The maximum atomic E-state index is 12.4. The lowest BCUT2D eigenvalue weighted by molar-refractivity contribution is 0.0525. The Morgan fingerprint density at radius 3 is 2.86 bits per heavy atom. The van der Waals surface area contributed by atoms with Crippen LogP contribution in [0.4, 0.5) is 0 Å². The van der Waals surface area contributed by atoms with Crippen molar-refractivity contribution in [2.75, 3.05) is 13.2 Å². The number of carbonyl (C=O) groups excluding carboxylic acids is 2. The summed E-state index contributed by atoms with van der Waals surface area (Å²) in [5.74, 6) is -0.0395. The summed E-state index contributed by atoms with van der Waals surface area (Å²) in [6.07, 6.45) is 1.56. The summed E-state index contributed by atoms with van der Waals surface area (Å²) in [4.78, 5) is 29.6. The minimum absolute atomic E-state index is 0.189. The Balaban J connectivity index is 2.09. The number of esters is 1. The Morgan fingerprint density at radius 1 is 1.43 bits per heavy atom. The van der Waals surface area contributed by atoms with Crippen molar-refractivity contribution < 1.29 is 18.7 Å². The van der Waals surface area contributed by atoms with E-state index in [0.717, 1.165) is 11.3 Å². The molecule has 0 saturated heterocycles. The summed E-state index contributed by atoms with van der Waals surface area (Å²) >= 11 is 1.11. The van der Waals surface area contributed by atoms with Crippen LogP contribution in [0.3, 0.4) is 0 Å². The van der Waals surface area contributed by atoms with E-state index >= 15 is 0 Å². The number of ether oxygens (including phenoxy) is 1. The third-order valence-corrected chi connectivity index (χ3v) is 3.59. The Kier molecular flexibility index (Phi) is 5.10. The molecule has 7 heteroatoms. The first-order chi connectivity index (χ1) is 10.2. The Bertz CT molecular complexity index is 606. The van der Waals surface area contributed by atoms with Crippen molar-refractivity contribution in [1.82, 2.24) is 9.88 Å². The second-order valence-corrected chi connectivity index (χ2v) is 5.02. The maximum Gasteiger partial charge on any atom is 0.367 e. The molecular formula is C14H16N2O4S. The quantitative estimate of drug-likeness (QED) is 0.767. The highest BCUT2D eigenvalue weighted by atomic mass is 32.1. The molecule has 0 spiro atoms. The molecule has 2 rings (SSSR count). The van der Waals surface area contributed by atoms with E-state index in [2.05, 4.69) is 4.98 Å². The predicted octanol–water partition coefficient (Wildman–Crippen LogP) is 2.58. The molecule has 0 aliphatic rings. The van der Waals surface area contributed by atoms with E-state index in [4.69, 9.17) is 9.15 Å². The number of amides is 1. The van der Waals surface area contributed by atoms with E-state index in [9.17, 15) is 9.59 Å². The standard InChI is InChI=1S/C14H16N2O4S/c1-3-16(8-10-6-5-7-20-10)13(17)11-9-21-12(15-11)14(18)19-4-2/h5-7,9H,3-4,8H2,1-2H3. The number of furan rings is 1. The molecular weight excluding hydrogens is 292 g/mol. The van der Waals surface area contributed by atoms with Gasteiger partial charge in [0.05, 0.1) is 19.4 Å². The molecule has 0 unspecified atom stereocenters. The Hall–Kier alpha value is -2.15. The fraction of sp³-hybridized carbons (Fsp3) is 0.357. The highest BCUT2D eigenvalue weighted by molar-refractivity contribution is 7.11. The van der Waals surface area contributed by atoms with Gasteiger partial charge in [0.2, 0.25) is 5.01 Å². The molecule has 0 atom stereocenters. The van der Waals surface area contributed by atoms with Gasteiger partial charge in [-0.05, 0) is 26.0 Å². The average molecular weight is 308 g/mol. The van der Waals surface area contributed by atoms with Crippen molar-refractivity contribution in [3.05, 3.63) is 40.2 Å². The minimum atomic E-state index is -0.504. The first-order valence-electron chi connectivity index (χ1n) is 6.60. The molecule has 6 nitrogen and oxygen atoms in total. The van der Waals surface area contributed by atoms with Crippen molar-refractivity contribution >= 4 is 23.2 Å². The lowest BCUT2D eigenvalue weighted by atomic mass is 10.3. The number of hydrogen-bond acceptors (Lipinski definition) is 6. The van der Waals surface area contributed by atoms with Crippen LogP contribution in [0.25, 0.3) is 0 Å². The molecule has 0 aliphatic carbocycles. The predicted molar refractivity (Wildman–Crippen MR) is 77.2 cm³/mol. The summed E-state index contributed by atoms with van der Waals surface area (Å²) in [5.41, 5.74) is 0.247. The number of hydrogen-bond donors (Lipinski definition) is 0. The molecule has 0 aliphatic heterocycles. The van der Waals surface area contributed by atoms with Crippen molar-refractivity contribution in [1.29, 1.82) is 0 Å². The molecule has 21 heavy (non-hydrogen) atoms. The summed E-state index contributed by atoms with van der Waals surface area (Å²) in [7, 11) is 0. The van der Waals surface area contributed by atoms with Crippen LogP contribution in [0.15, 0.2) is 28.2 Å². The SMILES string of the molecule is CCOC(=O)c1nc(C(=O)N(CC)Cc2ccco2)cs1. The lowest BCUT2D eigenvalue weighted by Gasteiger charge is -2.18. The van der Waals surface area contributed by atoms with Gasteiger partial charge in [0.1, 0.15) is 11.5 Å². The molecule has 2 heterocycles. The van der Waals surface area contributed by atoms with Gasteiger partial charge in [-0.25, -0.2) is 9.78 Å². The average Bonchev–Trinajstić information content (AvgIpc) is 3.15. The van der Waals surface area contributed by atoms with Crippen LogP contribution in [0.5, 0.6) is 0 Å². The number of carbonyl (C=O) groups is 2. The lowest BCUT2D eigenvalue weighted by Crippen LogP contribution is -2.30. The molecule has 0 N–H and O–H groups in total. The molecule has 0 saturated carbocycles. The van der Waals surface area contributed by atoms with E-state index < -0.39 is 5.97 Å². The van der Waals surface area contributed by atoms with Gasteiger partial charge in [0.15, 0.2) is 0 Å². The zero-order valence-electron chi connectivity index (χ0n) is 11.9. The van der Waals surface area contributed by atoms with E-state index in [-0.39, 0.29) is 23.2 Å². The summed E-state index contributed by atoms with van der Waals surface area (Å²) in [6, 6.07) is 3.58. The largest absolute Gasteiger partial charge is 0.467 e. The van der Waals surface area contributed by atoms with Crippen LogP contribution in [-0.4, -0.2) is 34.9 Å². The normalized spacial score (nSPS) is 10.4. The second kappa shape index (κ2) is 7.03. The summed E-state index contributed by atoms with van der Waals surface area (Å²) in [5, 5.41) is 1.76. The van der Waals surface area contributed by atoms with Crippen LogP contribution in [0.2, 0.25) is 0 Å². The summed E-state index contributed by atoms with van der Waals surface area (Å²) in [6.45, 7) is 4.76. The number of nitrogens with zero attached hydrogens (tertiary/aromatic N) is 2. The van der Waals surface area contributed by atoms with Gasteiger partial charge in [-0.1, -0.05) is 0 Å². The van der Waals surface area contributed by atoms with Gasteiger partial charge in [0.25, 0.3) is 5.91 Å². The molecule has 1 amide bonds. The van der Waals surface area contributed by atoms with Crippen LogP contribution in [-0.2, 0) is 11.3 Å². The van der Waals surface area contributed by atoms with Crippen LogP contribution in [0, 0.1) is 0 Å². The van der Waals surface area contributed by atoms with Gasteiger partial charge in [-0.3, -0.25) is 4.79 Å². The first-order valence-corrected chi connectivity index (χ1v) is 7.48. The Labute approximate surface area is 126 Å². The van der Waals surface area contributed by atoms with Gasteiger partial charge in [-0.2, -0.15) is 0 Å². The topological polar surface area (TPSA) is 72.6 Å². The first kappa shape index (κ1) is 15.2. The van der Waals surface area contributed by atoms with E-state index in [1.165, 1.54) is 0 Å². The van der Waals surface area contributed by atoms with Crippen LogP contribution >= 0.6 is 11.3 Å². The number of thiazole rings is 1. The smallest absolute Gasteiger partial charge is 0.367 e. The monoisotopic (exact) mass is 308 g/mol. The molecule has 2 aromatic heterocycles. The van der Waals surface area contributed by atoms with Crippen molar-refractivity contribution in [3.8, 4) is 0 Å². The second-order valence-electron chi connectivity index (χ2n) is 4.16. The zero-order valence-corrected chi connectivity index (χ0v) is 12.7. The van der Waals surface area contributed by atoms with Gasteiger partial charge >= 0.3 is 5.97 Å². The zero-order chi connectivity index (χ0) is 15.2. The Morgan fingerprint density at radius 2 is 2.24 bits per heavy atom. The maximum absolute atomic E-state index is 12.4. The number of rotatable bonds is 6. The molecule has 0 aromatic carbocycles. The van der Waals surface area contributed by atoms with Crippen molar-refractivity contribution in [2.45, 2.75) is 20.4 Å². The van der Waals surface area contributed by atoms with E-state index in [0.29, 0.717) is 18.8 Å². The molecule has 0 radical (unpaired) electrons. The van der Waals surface area contributed by atoms with Crippen LogP contribution < -0.4 is 0 Å². The fourth-order valence-corrected chi connectivity index (χ4v) is 2.42. The minimum Gasteiger partial charge on any atom is -0.467 e. The van der Waals surface area contributed by atoms with Crippen molar-refractivity contribution in [3.63, 3.8) is 0 Å². The van der Waals surface area contributed by atoms with Gasteiger partial charge < -0.3 is 14.1 Å². The molecule has 0 fully saturated rings. The van der Waals surface area contributed by atoms with Crippen LogP contribution in [0.1, 0.15) is 39.9 Å². The highest BCUT2D eigenvalue weighted by Gasteiger charge is 2.21. The molecule has 2 aromatic rings. The van der Waals surface area contributed by atoms with Gasteiger partial charge in [-0.15, -0.1) is 11.3 Å². The van der Waals surface area contributed by atoms with E-state index in [1.54, 1.807) is 35.6 Å². The summed E-state index contributed by atoms with van der Waals surface area (Å²) < 4.78 is 10.1. The fourth-order valence-electron chi connectivity index (χ4n) is 1.74. The highest BCUT2D eigenvalue weighted by Crippen LogP contribution is 2.15. The molecule has 0 bridgehead atoms. The molecule has 112 valence electrons. The third kappa shape index (κ3) is 3.69. The van der Waals surface area contributed by atoms with Crippen molar-refractivity contribution in [2.24, 2.45) is 0 Å². The van der Waals surface area contributed by atoms with E-state index in [1.807, 2.05) is 6.92 Å².